The standard InChI is InChI=1S/C29H27F3/c1-2-3-4-5-6-22-11-17-27-24(19-22)13-14-25-20-23(12-18-28(25)27)8-7-21-9-15-26(16-10-21)29(30,31)32/h9-12,15-20H,2-6,13-14H2,1H3. The van der Waals surface area contributed by atoms with Crippen LogP contribution in [0.15, 0.2) is 60.7 Å². The van der Waals surface area contributed by atoms with E-state index >= 15 is 0 Å². The maximum atomic E-state index is 12.7. The van der Waals surface area contributed by atoms with Crippen molar-refractivity contribution in [2.45, 2.75) is 58.0 Å². The quantitative estimate of drug-likeness (QED) is 0.283. The van der Waals surface area contributed by atoms with Crippen molar-refractivity contribution in [1.82, 2.24) is 0 Å². The van der Waals surface area contributed by atoms with Gasteiger partial charge in [-0.05, 0) is 89.9 Å². The average molecular weight is 433 g/mol. The van der Waals surface area contributed by atoms with Gasteiger partial charge in [0.15, 0.2) is 0 Å². The molecule has 3 aromatic rings. The highest BCUT2D eigenvalue weighted by molar-refractivity contribution is 5.74. The van der Waals surface area contributed by atoms with Crippen molar-refractivity contribution in [3.8, 4) is 23.0 Å². The fraction of sp³-hybridized carbons (Fsp3) is 0.310. The molecule has 4 rings (SSSR count). The third-order valence-electron chi connectivity index (χ3n) is 6.11. The first kappa shape index (κ1) is 22.2. The number of hydrogen-bond acceptors (Lipinski definition) is 0. The van der Waals surface area contributed by atoms with E-state index in [0.29, 0.717) is 5.56 Å². The number of benzene rings is 3. The van der Waals surface area contributed by atoms with Crippen LogP contribution in [-0.2, 0) is 25.4 Å². The van der Waals surface area contributed by atoms with E-state index in [1.54, 1.807) is 0 Å². The van der Waals surface area contributed by atoms with Gasteiger partial charge in [-0.3, -0.25) is 0 Å². The monoisotopic (exact) mass is 432 g/mol. The minimum Gasteiger partial charge on any atom is -0.166 e. The minimum absolute atomic E-state index is 0.576. The van der Waals surface area contributed by atoms with Crippen LogP contribution in [0.3, 0.4) is 0 Å². The first-order chi connectivity index (χ1) is 15.4. The summed E-state index contributed by atoms with van der Waals surface area (Å²) in [6.45, 7) is 2.24. The molecule has 3 aromatic carbocycles. The van der Waals surface area contributed by atoms with Crippen molar-refractivity contribution in [3.05, 3.63) is 94.0 Å². The van der Waals surface area contributed by atoms with Crippen molar-refractivity contribution in [2.24, 2.45) is 0 Å². The Morgan fingerprint density at radius 2 is 1.34 bits per heavy atom. The van der Waals surface area contributed by atoms with Crippen molar-refractivity contribution in [1.29, 1.82) is 0 Å². The fourth-order valence-corrected chi connectivity index (χ4v) is 4.33. The van der Waals surface area contributed by atoms with Gasteiger partial charge in [-0.15, -0.1) is 0 Å². The van der Waals surface area contributed by atoms with E-state index in [-0.39, 0.29) is 0 Å². The van der Waals surface area contributed by atoms with Crippen LogP contribution in [0.2, 0.25) is 0 Å². The van der Waals surface area contributed by atoms with Crippen LogP contribution in [0.25, 0.3) is 11.1 Å². The first-order valence-electron chi connectivity index (χ1n) is 11.4. The molecule has 0 amide bonds. The lowest BCUT2D eigenvalue weighted by atomic mass is 9.83. The summed E-state index contributed by atoms with van der Waals surface area (Å²) < 4.78 is 38.1. The molecule has 0 bridgehead atoms. The third kappa shape index (κ3) is 5.25. The number of hydrogen-bond donors (Lipinski definition) is 0. The number of aryl methyl sites for hydroxylation is 3. The highest BCUT2D eigenvalue weighted by Gasteiger charge is 2.29. The molecule has 0 spiro atoms. The zero-order valence-corrected chi connectivity index (χ0v) is 18.4. The van der Waals surface area contributed by atoms with Gasteiger partial charge in [0, 0.05) is 11.1 Å². The Hall–Kier alpha value is -2.99. The molecule has 0 nitrogen and oxygen atoms in total. The summed E-state index contributed by atoms with van der Waals surface area (Å²) >= 11 is 0. The van der Waals surface area contributed by atoms with Gasteiger partial charge in [0.05, 0.1) is 5.56 Å². The molecule has 0 atom stereocenters. The van der Waals surface area contributed by atoms with E-state index in [0.717, 1.165) is 37.0 Å². The van der Waals surface area contributed by atoms with Gasteiger partial charge in [0.1, 0.15) is 0 Å². The topological polar surface area (TPSA) is 0 Å². The van der Waals surface area contributed by atoms with E-state index in [2.05, 4.69) is 49.1 Å². The molecule has 32 heavy (non-hydrogen) atoms. The van der Waals surface area contributed by atoms with Crippen molar-refractivity contribution < 1.29 is 13.2 Å². The van der Waals surface area contributed by atoms with Crippen LogP contribution in [-0.4, -0.2) is 0 Å². The Bertz CT molecular complexity index is 1140. The molecule has 1 aliphatic carbocycles. The Morgan fingerprint density at radius 1 is 0.719 bits per heavy atom. The molecule has 0 fully saturated rings. The van der Waals surface area contributed by atoms with Crippen molar-refractivity contribution in [2.75, 3.05) is 0 Å². The number of halogens is 3. The summed E-state index contributed by atoms with van der Waals surface area (Å²) in [5.41, 5.74) is 7.53. The molecule has 1 aliphatic rings. The lowest BCUT2D eigenvalue weighted by molar-refractivity contribution is -0.137. The van der Waals surface area contributed by atoms with Gasteiger partial charge in [-0.2, -0.15) is 13.2 Å². The molecular formula is C29H27F3. The predicted octanol–water partition coefficient (Wildman–Crippen LogP) is 7.99. The second-order valence-corrected chi connectivity index (χ2v) is 8.50. The molecule has 0 saturated carbocycles. The van der Waals surface area contributed by atoms with Gasteiger partial charge >= 0.3 is 6.18 Å². The summed E-state index contributed by atoms with van der Waals surface area (Å²) in [6, 6.07) is 18.1. The molecule has 0 N–H and O–H groups in total. The van der Waals surface area contributed by atoms with Gasteiger partial charge in [-0.1, -0.05) is 62.3 Å². The molecule has 0 unspecified atom stereocenters. The summed E-state index contributed by atoms with van der Waals surface area (Å²) in [5, 5.41) is 0. The van der Waals surface area contributed by atoms with Crippen molar-refractivity contribution in [3.63, 3.8) is 0 Å². The summed E-state index contributed by atoms with van der Waals surface area (Å²) in [7, 11) is 0. The second-order valence-electron chi connectivity index (χ2n) is 8.50. The number of rotatable bonds is 5. The Morgan fingerprint density at radius 3 is 2.03 bits per heavy atom. The van der Waals surface area contributed by atoms with Crippen LogP contribution >= 0.6 is 0 Å². The molecule has 3 heteroatoms. The van der Waals surface area contributed by atoms with Gasteiger partial charge in [-0.25, -0.2) is 0 Å². The van der Waals surface area contributed by atoms with Gasteiger partial charge in [0.25, 0.3) is 0 Å². The Kier molecular flexibility index (Phi) is 6.70. The van der Waals surface area contributed by atoms with E-state index in [9.17, 15) is 13.2 Å². The van der Waals surface area contributed by atoms with E-state index < -0.39 is 11.7 Å². The zero-order valence-electron chi connectivity index (χ0n) is 18.4. The molecule has 0 aromatic heterocycles. The van der Waals surface area contributed by atoms with Gasteiger partial charge in [0.2, 0.25) is 0 Å². The van der Waals surface area contributed by atoms with E-state index in [1.165, 1.54) is 65.6 Å². The molecule has 0 heterocycles. The van der Waals surface area contributed by atoms with E-state index in [4.69, 9.17) is 0 Å². The van der Waals surface area contributed by atoms with Crippen LogP contribution < -0.4 is 0 Å². The Labute approximate surface area is 188 Å². The lowest BCUT2D eigenvalue weighted by Crippen LogP contribution is -2.05. The first-order valence-corrected chi connectivity index (χ1v) is 11.4. The van der Waals surface area contributed by atoms with Crippen LogP contribution in [0.1, 0.15) is 66.0 Å². The molecule has 0 saturated heterocycles. The van der Waals surface area contributed by atoms with Crippen LogP contribution in [0.5, 0.6) is 0 Å². The average Bonchev–Trinajstić information content (AvgIpc) is 2.80. The number of alkyl halides is 3. The second kappa shape index (κ2) is 9.65. The van der Waals surface area contributed by atoms with Gasteiger partial charge < -0.3 is 0 Å². The van der Waals surface area contributed by atoms with Crippen LogP contribution in [0, 0.1) is 11.8 Å². The largest absolute Gasteiger partial charge is 0.416 e. The number of fused-ring (bicyclic) bond motifs is 3. The van der Waals surface area contributed by atoms with E-state index in [1.807, 2.05) is 6.07 Å². The smallest absolute Gasteiger partial charge is 0.166 e. The SMILES string of the molecule is CCCCCCc1ccc2c(c1)CCc1cc(C#Cc3ccc(C(F)(F)F)cc3)ccc1-2. The lowest BCUT2D eigenvalue weighted by Gasteiger charge is -2.21. The molecular weight excluding hydrogens is 405 g/mol. The zero-order chi connectivity index (χ0) is 22.6. The predicted molar refractivity (Wildman–Crippen MR) is 125 cm³/mol. The minimum atomic E-state index is -4.32. The highest BCUT2D eigenvalue weighted by atomic mass is 19.4. The molecule has 0 aliphatic heterocycles. The molecule has 164 valence electrons. The molecule has 0 radical (unpaired) electrons. The Balaban J connectivity index is 1.49. The van der Waals surface area contributed by atoms with Crippen LogP contribution in [0.4, 0.5) is 13.2 Å². The number of unbranched alkanes of at least 4 members (excludes halogenated alkanes) is 3. The highest BCUT2D eigenvalue weighted by Crippen LogP contribution is 2.35. The summed E-state index contributed by atoms with van der Waals surface area (Å²) in [5.74, 6) is 6.09. The normalized spacial score (nSPS) is 12.5. The third-order valence-corrected chi connectivity index (χ3v) is 6.11. The summed E-state index contributed by atoms with van der Waals surface area (Å²) in [4.78, 5) is 0. The maximum absolute atomic E-state index is 12.7. The maximum Gasteiger partial charge on any atom is 0.416 e. The van der Waals surface area contributed by atoms with Crippen molar-refractivity contribution >= 4 is 0 Å². The fourth-order valence-electron chi connectivity index (χ4n) is 4.33. The summed E-state index contributed by atoms with van der Waals surface area (Å²) in [6.07, 6.45) is 3.96.